The van der Waals surface area contributed by atoms with Gasteiger partial charge >= 0.3 is 0 Å². The monoisotopic (exact) mass is 669 g/mol. The third kappa shape index (κ3) is 4.98. The largest absolute Gasteiger partial charge is 0.405 e. The smallest absolute Gasteiger partial charge is 0.154 e. The molecule has 9 rings (SSSR count). The second-order valence-electron chi connectivity index (χ2n) is 14.2. The van der Waals surface area contributed by atoms with Crippen molar-refractivity contribution in [2.45, 2.75) is 10.9 Å². The van der Waals surface area contributed by atoms with Gasteiger partial charge in [0.1, 0.15) is 27.0 Å². The van der Waals surface area contributed by atoms with Gasteiger partial charge in [0.05, 0.1) is 16.7 Å². The van der Waals surface area contributed by atoms with Gasteiger partial charge in [0.15, 0.2) is 7.85 Å². The molecule has 0 spiro atoms. The highest BCUT2D eigenvalue weighted by Crippen LogP contribution is 2.46. The van der Waals surface area contributed by atoms with Gasteiger partial charge in [-0.3, -0.25) is 9.55 Å². The number of aliphatic hydroxyl groups is 2. The zero-order valence-electron chi connectivity index (χ0n) is 29.2. The minimum absolute atomic E-state index is 0.382. The number of fused-ring (bicyclic) bond motifs is 4. The van der Waals surface area contributed by atoms with Crippen molar-refractivity contribution in [3.8, 4) is 39.1 Å². The van der Waals surface area contributed by atoms with E-state index >= 15 is 0 Å². The van der Waals surface area contributed by atoms with E-state index < -0.39 is 10.9 Å². The molecular weight excluding hydrogens is 635 g/mol. The average molecular weight is 669 g/mol. The standard InChI is InChI=1S/C44H34B3N3O2/c45-43(51,44(46,47)52)42-49-37-20-7-8-21-39(37)50(42)38-23-22-36(30-14-1-2-15-31(30)38)41-34-18-5-3-16-32(34)40(33-17-4-6-19-35(33)41)28-12-9-11-27(25-28)29-13-10-24-48-26-29/h1-26,51-52H,45-47H2. The molecule has 0 amide bonds. The molecule has 0 saturated carbocycles. The lowest BCUT2D eigenvalue weighted by Crippen LogP contribution is -2.54. The van der Waals surface area contributed by atoms with E-state index in [9.17, 15) is 10.2 Å². The van der Waals surface area contributed by atoms with Crippen molar-refractivity contribution >= 4 is 66.9 Å². The van der Waals surface area contributed by atoms with Crippen LogP contribution in [-0.2, 0) is 5.50 Å². The predicted molar refractivity (Wildman–Crippen MR) is 222 cm³/mol. The average Bonchev–Trinajstić information content (AvgIpc) is 3.57. The Kier molecular flexibility index (Phi) is 7.44. The number of para-hydroxylation sites is 2. The van der Waals surface area contributed by atoms with Crippen molar-refractivity contribution in [2.75, 3.05) is 0 Å². The van der Waals surface area contributed by atoms with Gasteiger partial charge in [0.25, 0.3) is 0 Å². The van der Waals surface area contributed by atoms with Gasteiger partial charge in [-0.2, -0.15) is 0 Å². The number of nitrogens with zero attached hydrogens (tertiary/aromatic N) is 3. The molecule has 0 aliphatic heterocycles. The lowest BCUT2D eigenvalue weighted by atomic mass is 9.49. The summed E-state index contributed by atoms with van der Waals surface area (Å²) in [6.45, 7) is 0. The van der Waals surface area contributed by atoms with Gasteiger partial charge in [-0.05, 0) is 85.1 Å². The van der Waals surface area contributed by atoms with Gasteiger partial charge in [-0.25, -0.2) is 4.98 Å². The SMILES string of the molecule is BC(B)(O)C(B)(O)c1nc2ccccc2n1-c1ccc(-c2c3ccccc3c(-c3cccc(-c4cccnc4)c3)c3ccccc23)c2ccccc12. The van der Waals surface area contributed by atoms with Crippen LogP contribution in [0.3, 0.4) is 0 Å². The topological polar surface area (TPSA) is 71.2 Å². The maximum Gasteiger partial charge on any atom is 0.154 e. The minimum Gasteiger partial charge on any atom is -0.405 e. The van der Waals surface area contributed by atoms with Crippen molar-refractivity contribution in [1.29, 1.82) is 0 Å². The number of hydrogen-bond acceptors (Lipinski definition) is 4. The molecule has 1 unspecified atom stereocenters. The summed E-state index contributed by atoms with van der Waals surface area (Å²) in [6.07, 6.45) is 3.72. The lowest BCUT2D eigenvalue weighted by molar-refractivity contribution is -0.00424. The highest BCUT2D eigenvalue weighted by Gasteiger charge is 2.43. The highest BCUT2D eigenvalue weighted by molar-refractivity contribution is 6.43. The van der Waals surface area contributed by atoms with Gasteiger partial charge in [-0.1, -0.05) is 115 Å². The Hall–Kier alpha value is -5.95. The van der Waals surface area contributed by atoms with E-state index in [1.165, 1.54) is 32.7 Å². The third-order valence-electron chi connectivity index (χ3n) is 10.7. The molecule has 0 radical (unpaired) electrons. The number of rotatable bonds is 6. The van der Waals surface area contributed by atoms with E-state index in [2.05, 4.69) is 120 Å². The molecule has 2 aromatic heterocycles. The van der Waals surface area contributed by atoms with E-state index in [0.29, 0.717) is 5.82 Å². The van der Waals surface area contributed by atoms with Crippen LogP contribution in [0.4, 0.5) is 0 Å². The van der Waals surface area contributed by atoms with E-state index in [1.54, 1.807) is 29.7 Å². The molecule has 7 aromatic carbocycles. The van der Waals surface area contributed by atoms with Crippen molar-refractivity contribution in [3.05, 3.63) is 164 Å². The molecule has 2 N–H and O–H groups in total. The normalized spacial score (nSPS) is 13.2. The molecule has 9 aromatic rings. The maximum atomic E-state index is 11.9. The zero-order valence-corrected chi connectivity index (χ0v) is 29.2. The van der Waals surface area contributed by atoms with Crippen LogP contribution in [0.15, 0.2) is 158 Å². The maximum absolute atomic E-state index is 11.9. The Labute approximate surface area is 304 Å². The van der Waals surface area contributed by atoms with E-state index in [0.717, 1.165) is 49.7 Å². The van der Waals surface area contributed by atoms with Crippen LogP contribution < -0.4 is 0 Å². The van der Waals surface area contributed by atoms with Crippen LogP contribution in [0.2, 0.25) is 0 Å². The summed E-state index contributed by atoms with van der Waals surface area (Å²) < 4.78 is 2.01. The summed E-state index contributed by atoms with van der Waals surface area (Å²) in [4.78, 5) is 9.28. The van der Waals surface area contributed by atoms with Gasteiger partial charge in [0, 0.05) is 28.7 Å². The Balaban J connectivity index is 1.33. The van der Waals surface area contributed by atoms with Crippen molar-refractivity contribution in [1.82, 2.24) is 14.5 Å². The summed E-state index contributed by atoms with van der Waals surface area (Å²) in [5.41, 5.74) is 7.67. The van der Waals surface area contributed by atoms with Crippen LogP contribution in [0.5, 0.6) is 0 Å². The van der Waals surface area contributed by atoms with Crippen LogP contribution >= 0.6 is 0 Å². The molecule has 0 fully saturated rings. The van der Waals surface area contributed by atoms with Crippen LogP contribution in [0, 0.1) is 0 Å². The first-order valence-corrected chi connectivity index (χ1v) is 17.6. The van der Waals surface area contributed by atoms with Gasteiger partial charge in [0.2, 0.25) is 0 Å². The Bertz CT molecular complexity index is 2770. The summed E-state index contributed by atoms with van der Waals surface area (Å²) in [6, 6.07) is 50.9. The Morgan fingerprint density at radius 2 is 1.10 bits per heavy atom. The first-order valence-electron chi connectivity index (χ1n) is 17.6. The van der Waals surface area contributed by atoms with Crippen LogP contribution in [0.25, 0.3) is 82.4 Å². The van der Waals surface area contributed by atoms with E-state index in [1.807, 2.05) is 41.1 Å². The Morgan fingerprint density at radius 1 is 0.519 bits per heavy atom. The fraction of sp³-hybridized carbons (Fsp3) is 0.0455. The molecule has 0 aliphatic carbocycles. The fourth-order valence-electron chi connectivity index (χ4n) is 7.68. The molecule has 5 nitrogen and oxygen atoms in total. The summed E-state index contributed by atoms with van der Waals surface area (Å²) in [7, 11) is 4.87. The van der Waals surface area contributed by atoms with E-state index in [-0.39, 0.29) is 0 Å². The van der Waals surface area contributed by atoms with Crippen molar-refractivity contribution in [3.63, 3.8) is 0 Å². The highest BCUT2D eigenvalue weighted by atomic mass is 16.3. The number of benzene rings is 7. The van der Waals surface area contributed by atoms with Crippen molar-refractivity contribution in [2.24, 2.45) is 0 Å². The first-order chi connectivity index (χ1) is 25.2. The quantitative estimate of drug-likeness (QED) is 0.155. The van der Waals surface area contributed by atoms with Crippen molar-refractivity contribution < 1.29 is 10.2 Å². The number of pyridine rings is 1. The number of hydrogen-bond donors (Lipinski definition) is 2. The molecule has 246 valence electrons. The minimum atomic E-state index is -1.65. The third-order valence-corrected chi connectivity index (χ3v) is 10.7. The second-order valence-corrected chi connectivity index (χ2v) is 14.2. The zero-order chi connectivity index (χ0) is 35.6. The molecule has 0 bridgehead atoms. The molecular formula is C44H34B3N3O2. The second kappa shape index (κ2) is 12.1. The van der Waals surface area contributed by atoms with E-state index in [4.69, 9.17) is 4.98 Å². The summed E-state index contributed by atoms with van der Waals surface area (Å²) >= 11 is 0. The first kappa shape index (κ1) is 32.0. The van der Waals surface area contributed by atoms with Gasteiger partial charge < -0.3 is 10.2 Å². The molecule has 0 aliphatic rings. The number of aromatic nitrogens is 3. The van der Waals surface area contributed by atoms with Crippen LogP contribution in [-0.4, -0.2) is 53.7 Å². The lowest BCUT2D eigenvalue weighted by Gasteiger charge is -2.36. The fourth-order valence-corrected chi connectivity index (χ4v) is 7.68. The van der Waals surface area contributed by atoms with Gasteiger partial charge in [-0.15, -0.1) is 0 Å². The number of imidazole rings is 1. The predicted octanol–water partition coefficient (Wildman–Crippen LogP) is 6.57. The summed E-state index contributed by atoms with van der Waals surface area (Å²) in [5.74, 6) is 0.382. The molecule has 1 atom stereocenters. The Morgan fingerprint density at radius 3 is 1.75 bits per heavy atom. The molecule has 8 heteroatoms. The molecule has 2 heterocycles. The summed E-state index contributed by atoms with van der Waals surface area (Å²) in [5, 5.41) is 28.4. The van der Waals surface area contributed by atoms with Crippen LogP contribution in [0.1, 0.15) is 5.82 Å². The molecule has 0 saturated heterocycles. The molecule has 52 heavy (non-hydrogen) atoms.